The second kappa shape index (κ2) is 7.00. The molecule has 1 N–H and O–H groups in total. The molecule has 2 aromatic rings. The molecule has 0 aliphatic heterocycles. The molecule has 1 aromatic heterocycles. The van der Waals surface area contributed by atoms with Crippen LogP contribution in [0.15, 0.2) is 47.0 Å². The Morgan fingerprint density at radius 1 is 1.40 bits per heavy atom. The van der Waals surface area contributed by atoms with E-state index in [1.165, 1.54) is 5.57 Å². The van der Waals surface area contributed by atoms with Gasteiger partial charge in [-0.3, -0.25) is 0 Å². The molecule has 0 bridgehead atoms. The van der Waals surface area contributed by atoms with Crippen molar-refractivity contribution in [2.24, 2.45) is 0 Å². The van der Waals surface area contributed by atoms with Gasteiger partial charge in [0.1, 0.15) is 0 Å². The molecule has 2 rings (SSSR count). The van der Waals surface area contributed by atoms with Gasteiger partial charge in [0.15, 0.2) is 0 Å². The SMILES string of the molecule is C=C(C)CC(NCCC)c1nc2ccccc2cc1Br. The van der Waals surface area contributed by atoms with Gasteiger partial charge < -0.3 is 5.32 Å². The Labute approximate surface area is 129 Å². The molecular formula is C17H21BrN2. The molecule has 0 aliphatic rings. The van der Waals surface area contributed by atoms with E-state index in [2.05, 4.69) is 59.9 Å². The number of fused-ring (bicyclic) bond motifs is 1. The van der Waals surface area contributed by atoms with E-state index in [4.69, 9.17) is 4.98 Å². The van der Waals surface area contributed by atoms with Crippen molar-refractivity contribution in [3.8, 4) is 0 Å². The first kappa shape index (κ1) is 15.2. The van der Waals surface area contributed by atoms with E-state index < -0.39 is 0 Å². The Morgan fingerprint density at radius 3 is 2.85 bits per heavy atom. The van der Waals surface area contributed by atoms with Crippen LogP contribution in [-0.4, -0.2) is 11.5 Å². The molecule has 20 heavy (non-hydrogen) atoms. The van der Waals surface area contributed by atoms with Crippen LogP contribution in [0.5, 0.6) is 0 Å². The summed E-state index contributed by atoms with van der Waals surface area (Å²) in [5.74, 6) is 0. The van der Waals surface area contributed by atoms with Crippen LogP contribution >= 0.6 is 15.9 Å². The summed E-state index contributed by atoms with van der Waals surface area (Å²) < 4.78 is 1.06. The third-order valence-corrected chi connectivity index (χ3v) is 3.86. The molecule has 1 heterocycles. The average Bonchev–Trinajstić information content (AvgIpc) is 2.42. The smallest absolute Gasteiger partial charge is 0.0725 e. The van der Waals surface area contributed by atoms with Gasteiger partial charge in [-0.25, -0.2) is 4.98 Å². The lowest BCUT2D eigenvalue weighted by molar-refractivity contribution is 0.516. The van der Waals surface area contributed by atoms with Gasteiger partial charge in [-0.15, -0.1) is 6.58 Å². The molecule has 0 amide bonds. The number of hydrogen-bond donors (Lipinski definition) is 1. The molecule has 1 atom stereocenters. The minimum atomic E-state index is 0.214. The molecule has 0 radical (unpaired) electrons. The molecule has 0 spiro atoms. The zero-order valence-electron chi connectivity index (χ0n) is 12.1. The topological polar surface area (TPSA) is 24.9 Å². The summed E-state index contributed by atoms with van der Waals surface area (Å²) in [6, 6.07) is 10.6. The van der Waals surface area contributed by atoms with E-state index >= 15 is 0 Å². The van der Waals surface area contributed by atoms with E-state index in [1.54, 1.807) is 0 Å². The van der Waals surface area contributed by atoms with Crippen molar-refractivity contribution in [1.82, 2.24) is 10.3 Å². The van der Waals surface area contributed by atoms with Gasteiger partial charge >= 0.3 is 0 Å². The summed E-state index contributed by atoms with van der Waals surface area (Å²) in [5.41, 5.74) is 3.27. The van der Waals surface area contributed by atoms with Crippen molar-refractivity contribution >= 4 is 26.8 Å². The number of nitrogens with one attached hydrogen (secondary N) is 1. The zero-order valence-corrected chi connectivity index (χ0v) is 13.7. The fourth-order valence-electron chi connectivity index (χ4n) is 2.28. The Morgan fingerprint density at radius 2 is 2.15 bits per heavy atom. The van der Waals surface area contributed by atoms with Gasteiger partial charge in [0, 0.05) is 9.86 Å². The minimum absolute atomic E-state index is 0.214. The van der Waals surface area contributed by atoms with Gasteiger partial charge in [-0.05, 0) is 54.4 Å². The normalized spacial score (nSPS) is 12.6. The highest BCUT2D eigenvalue weighted by Gasteiger charge is 2.16. The fraction of sp³-hybridized carbons (Fsp3) is 0.353. The maximum absolute atomic E-state index is 4.83. The van der Waals surface area contributed by atoms with Crippen molar-refractivity contribution in [1.29, 1.82) is 0 Å². The van der Waals surface area contributed by atoms with Crippen LogP contribution < -0.4 is 5.32 Å². The van der Waals surface area contributed by atoms with Crippen LogP contribution in [0.1, 0.15) is 38.4 Å². The fourth-order valence-corrected chi connectivity index (χ4v) is 2.89. The van der Waals surface area contributed by atoms with Crippen LogP contribution in [0.4, 0.5) is 0 Å². The van der Waals surface area contributed by atoms with Crippen LogP contribution in [0, 0.1) is 0 Å². The Kier molecular flexibility index (Phi) is 5.32. The number of halogens is 1. The highest BCUT2D eigenvalue weighted by atomic mass is 79.9. The Bertz CT molecular complexity index is 607. The average molecular weight is 333 g/mol. The van der Waals surface area contributed by atoms with Crippen LogP contribution in [0.3, 0.4) is 0 Å². The second-order valence-corrected chi connectivity index (χ2v) is 6.07. The number of pyridine rings is 1. The number of hydrogen-bond acceptors (Lipinski definition) is 2. The third-order valence-electron chi connectivity index (χ3n) is 3.23. The number of rotatable bonds is 6. The van der Waals surface area contributed by atoms with Crippen molar-refractivity contribution in [3.63, 3.8) is 0 Å². The van der Waals surface area contributed by atoms with Crippen LogP contribution in [0.25, 0.3) is 10.9 Å². The maximum atomic E-state index is 4.83. The summed E-state index contributed by atoms with van der Waals surface area (Å²) in [4.78, 5) is 4.83. The maximum Gasteiger partial charge on any atom is 0.0725 e. The van der Waals surface area contributed by atoms with Crippen molar-refractivity contribution in [2.75, 3.05) is 6.54 Å². The predicted molar refractivity (Wildman–Crippen MR) is 89.9 cm³/mol. The molecular weight excluding hydrogens is 312 g/mol. The number of benzene rings is 1. The molecule has 2 nitrogen and oxygen atoms in total. The zero-order chi connectivity index (χ0) is 14.5. The highest BCUT2D eigenvalue weighted by Crippen LogP contribution is 2.29. The van der Waals surface area contributed by atoms with E-state index in [1.807, 2.05) is 12.1 Å². The molecule has 1 unspecified atom stereocenters. The van der Waals surface area contributed by atoms with Crippen LogP contribution in [-0.2, 0) is 0 Å². The monoisotopic (exact) mass is 332 g/mol. The first-order valence-corrected chi connectivity index (χ1v) is 7.84. The molecule has 1 aromatic carbocycles. The second-order valence-electron chi connectivity index (χ2n) is 5.22. The quantitative estimate of drug-likeness (QED) is 0.752. The summed E-state index contributed by atoms with van der Waals surface area (Å²) in [7, 11) is 0. The van der Waals surface area contributed by atoms with Gasteiger partial charge in [0.2, 0.25) is 0 Å². The van der Waals surface area contributed by atoms with E-state index in [-0.39, 0.29) is 6.04 Å². The Hall–Kier alpha value is -1.19. The minimum Gasteiger partial charge on any atom is -0.308 e. The predicted octanol–water partition coefficient (Wildman–Crippen LogP) is 5.00. The van der Waals surface area contributed by atoms with E-state index in [0.717, 1.165) is 40.5 Å². The highest BCUT2D eigenvalue weighted by molar-refractivity contribution is 9.10. The lowest BCUT2D eigenvalue weighted by atomic mass is 10.0. The van der Waals surface area contributed by atoms with Gasteiger partial charge in [-0.2, -0.15) is 0 Å². The summed E-state index contributed by atoms with van der Waals surface area (Å²) in [5, 5.41) is 4.73. The van der Waals surface area contributed by atoms with Gasteiger partial charge in [0.25, 0.3) is 0 Å². The summed E-state index contributed by atoms with van der Waals surface area (Å²) >= 11 is 3.67. The van der Waals surface area contributed by atoms with Crippen LogP contribution in [0.2, 0.25) is 0 Å². The number of nitrogens with zero attached hydrogens (tertiary/aromatic N) is 1. The third kappa shape index (κ3) is 3.68. The first-order valence-electron chi connectivity index (χ1n) is 7.04. The first-order chi connectivity index (χ1) is 9.61. The number of aromatic nitrogens is 1. The lowest BCUT2D eigenvalue weighted by Gasteiger charge is -2.20. The lowest BCUT2D eigenvalue weighted by Crippen LogP contribution is -2.23. The van der Waals surface area contributed by atoms with Crippen molar-refractivity contribution in [3.05, 3.63) is 52.7 Å². The van der Waals surface area contributed by atoms with Crippen molar-refractivity contribution in [2.45, 2.75) is 32.7 Å². The molecule has 0 saturated heterocycles. The molecule has 0 aliphatic carbocycles. The molecule has 3 heteroatoms. The van der Waals surface area contributed by atoms with E-state index in [9.17, 15) is 0 Å². The largest absolute Gasteiger partial charge is 0.308 e. The summed E-state index contributed by atoms with van der Waals surface area (Å²) in [6.45, 7) is 9.26. The van der Waals surface area contributed by atoms with E-state index in [0.29, 0.717) is 0 Å². The Balaban J connectivity index is 2.40. The van der Waals surface area contributed by atoms with Gasteiger partial charge in [-0.1, -0.05) is 30.7 Å². The standard InChI is InChI=1S/C17H21BrN2/c1-4-9-19-16(10-12(2)3)17-14(18)11-13-7-5-6-8-15(13)20-17/h5-8,11,16,19H,2,4,9-10H2,1,3H3. The summed E-state index contributed by atoms with van der Waals surface area (Å²) in [6.07, 6.45) is 2.02. The molecule has 0 saturated carbocycles. The molecule has 0 fully saturated rings. The molecule has 106 valence electrons. The van der Waals surface area contributed by atoms with Crippen molar-refractivity contribution < 1.29 is 0 Å². The number of para-hydroxylation sites is 1. The van der Waals surface area contributed by atoms with Gasteiger partial charge in [0.05, 0.1) is 17.3 Å².